The Bertz CT molecular complexity index is 1100. The first-order chi connectivity index (χ1) is 33.5. The van der Waals surface area contributed by atoms with Crippen LogP contribution in [0.2, 0.25) is 0 Å². The summed E-state index contributed by atoms with van der Waals surface area (Å²) < 4.78 is 5.47. The molecule has 68 heavy (non-hydrogen) atoms. The highest BCUT2D eigenvalue weighted by atomic mass is 16.5. The number of carbonyl (C=O) groups is 2. The maximum absolute atomic E-state index is 12.4. The van der Waals surface area contributed by atoms with Crippen molar-refractivity contribution in [2.75, 3.05) is 13.2 Å². The Labute approximate surface area is 424 Å². The third-order valence-electron chi connectivity index (χ3n) is 13.9. The van der Waals surface area contributed by atoms with E-state index in [0.29, 0.717) is 19.4 Å². The predicted molar refractivity (Wildman–Crippen MR) is 296 cm³/mol. The summed E-state index contributed by atoms with van der Waals surface area (Å²) in [7, 11) is 0. The number of amides is 1. The number of hydrogen-bond acceptors (Lipinski definition) is 5. The molecule has 0 saturated heterocycles. The molecule has 3 N–H and O–H groups in total. The van der Waals surface area contributed by atoms with Crippen molar-refractivity contribution in [3.05, 3.63) is 36.5 Å². The Morgan fingerprint density at radius 1 is 0.397 bits per heavy atom. The molecule has 0 bridgehead atoms. The van der Waals surface area contributed by atoms with Crippen molar-refractivity contribution >= 4 is 11.9 Å². The first-order valence-electron chi connectivity index (χ1n) is 30.3. The lowest BCUT2D eigenvalue weighted by molar-refractivity contribution is -0.143. The van der Waals surface area contributed by atoms with E-state index in [0.717, 1.165) is 44.9 Å². The van der Waals surface area contributed by atoms with Gasteiger partial charge >= 0.3 is 5.97 Å². The second kappa shape index (κ2) is 57.7. The van der Waals surface area contributed by atoms with Crippen molar-refractivity contribution < 1.29 is 24.5 Å². The number of rotatable bonds is 56. The summed E-state index contributed by atoms with van der Waals surface area (Å²) in [5.74, 6) is -0.0693. The van der Waals surface area contributed by atoms with Gasteiger partial charge in [-0.3, -0.25) is 9.59 Å². The summed E-state index contributed by atoms with van der Waals surface area (Å²) in [6, 6.07) is -0.630. The molecule has 6 nitrogen and oxygen atoms in total. The first-order valence-corrected chi connectivity index (χ1v) is 30.3. The van der Waals surface area contributed by atoms with Crippen LogP contribution in [0.25, 0.3) is 0 Å². The highest BCUT2D eigenvalue weighted by Gasteiger charge is 2.18. The molecule has 6 heteroatoms. The molecule has 400 valence electrons. The van der Waals surface area contributed by atoms with Gasteiger partial charge in [0.25, 0.3) is 0 Å². The highest BCUT2D eigenvalue weighted by molar-refractivity contribution is 5.76. The maximum Gasteiger partial charge on any atom is 0.305 e. The Morgan fingerprint density at radius 2 is 0.691 bits per heavy atom. The number of carbonyl (C=O) groups excluding carboxylic acids is 2. The molecule has 0 aromatic heterocycles. The van der Waals surface area contributed by atoms with Gasteiger partial charge in [-0.15, -0.1) is 0 Å². The number of nitrogens with one attached hydrogen (secondary N) is 1. The SMILES string of the molecule is CCCCCCC/C=C\CCCCCCCC(=O)OCCCCCCCCCCCCCC/C=C\CCCCCCCCCCC(=O)NC(CO)C(O)/C=C/CCCCCCCCCCCCC. The summed E-state index contributed by atoms with van der Waals surface area (Å²) in [5.41, 5.74) is 0. The second-order valence-electron chi connectivity index (χ2n) is 20.7. The monoisotopic (exact) mass is 956 g/mol. The van der Waals surface area contributed by atoms with Crippen LogP contribution in [0.4, 0.5) is 0 Å². The van der Waals surface area contributed by atoms with Crippen molar-refractivity contribution in [2.24, 2.45) is 0 Å². The fourth-order valence-electron chi connectivity index (χ4n) is 9.21. The van der Waals surface area contributed by atoms with E-state index in [1.165, 1.54) is 250 Å². The lowest BCUT2D eigenvalue weighted by Crippen LogP contribution is -2.45. The van der Waals surface area contributed by atoms with E-state index in [9.17, 15) is 19.8 Å². The Morgan fingerprint density at radius 3 is 1.04 bits per heavy atom. The molecule has 0 aromatic rings. The van der Waals surface area contributed by atoms with Crippen LogP contribution in [0.5, 0.6) is 0 Å². The van der Waals surface area contributed by atoms with Crippen LogP contribution < -0.4 is 5.32 Å². The summed E-state index contributed by atoms with van der Waals surface area (Å²) in [5, 5.41) is 23.1. The maximum atomic E-state index is 12.4. The van der Waals surface area contributed by atoms with Gasteiger partial charge in [-0.05, 0) is 83.5 Å². The summed E-state index contributed by atoms with van der Waals surface area (Å²) in [6.45, 7) is 4.89. The van der Waals surface area contributed by atoms with Crippen LogP contribution in [0.1, 0.15) is 322 Å². The average Bonchev–Trinajstić information content (AvgIpc) is 3.34. The molecule has 0 spiro atoms. The molecular formula is C62H117NO5. The van der Waals surface area contributed by atoms with Gasteiger partial charge in [-0.25, -0.2) is 0 Å². The fraction of sp³-hybridized carbons (Fsp3) is 0.871. The van der Waals surface area contributed by atoms with E-state index in [4.69, 9.17) is 4.74 Å². The number of esters is 1. The molecule has 0 fully saturated rings. The third kappa shape index (κ3) is 53.4. The first kappa shape index (κ1) is 66.1. The average molecular weight is 957 g/mol. The molecule has 2 unspecified atom stereocenters. The Kier molecular flexibility index (Phi) is 56.0. The Balaban J connectivity index is 3.42. The lowest BCUT2D eigenvalue weighted by Gasteiger charge is -2.20. The number of unbranched alkanes of at least 4 members (excludes halogenated alkanes) is 41. The summed E-state index contributed by atoms with van der Waals surface area (Å²) >= 11 is 0. The van der Waals surface area contributed by atoms with Gasteiger partial charge in [0.2, 0.25) is 5.91 Å². The van der Waals surface area contributed by atoms with Crippen molar-refractivity contribution in [2.45, 2.75) is 334 Å². The Hall–Kier alpha value is -1.92. The molecule has 0 rings (SSSR count). The number of hydrogen-bond donors (Lipinski definition) is 3. The summed E-state index contributed by atoms with van der Waals surface area (Å²) in [6.07, 6.45) is 71.8. The van der Waals surface area contributed by atoms with Gasteiger partial charge in [0.15, 0.2) is 0 Å². The topological polar surface area (TPSA) is 95.9 Å². The van der Waals surface area contributed by atoms with Crippen LogP contribution in [0.15, 0.2) is 36.5 Å². The molecule has 0 aromatic carbocycles. The predicted octanol–water partition coefficient (Wildman–Crippen LogP) is 18.8. The lowest BCUT2D eigenvalue weighted by atomic mass is 10.0. The van der Waals surface area contributed by atoms with Gasteiger partial charge in [-0.1, -0.05) is 262 Å². The van der Waals surface area contributed by atoms with Crippen molar-refractivity contribution in [3.63, 3.8) is 0 Å². The van der Waals surface area contributed by atoms with E-state index >= 15 is 0 Å². The third-order valence-corrected chi connectivity index (χ3v) is 13.9. The number of aliphatic hydroxyl groups excluding tert-OH is 2. The molecule has 1 amide bonds. The molecular weight excluding hydrogens is 839 g/mol. The van der Waals surface area contributed by atoms with Crippen molar-refractivity contribution in [3.8, 4) is 0 Å². The quantitative estimate of drug-likeness (QED) is 0.0321. The van der Waals surface area contributed by atoms with Gasteiger partial charge in [0.1, 0.15) is 0 Å². The molecule has 0 saturated carbocycles. The minimum atomic E-state index is -0.846. The smallest absolute Gasteiger partial charge is 0.305 e. The van der Waals surface area contributed by atoms with E-state index in [1.807, 2.05) is 6.08 Å². The minimum absolute atomic E-state index is 0.00329. The highest BCUT2D eigenvalue weighted by Crippen LogP contribution is 2.16. The number of allylic oxidation sites excluding steroid dienone is 5. The van der Waals surface area contributed by atoms with Crippen LogP contribution in [-0.4, -0.2) is 47.4 Å². The molecule has 0 aliphatic heterocycles. The second-order valence-corrected chi connectivity index (χ2v) is 20.7. The van der Waals surface area contributed by atoms with E-state index in [2.05, 4.69) is 43.5 Å². The van der Waals surface area contributed by atoms with E-state index in [1.54, 1.807) is 6.08 Å². The fourth-order valence-corrected chi connectivity index (χ4v) is 9.21. The van der Waals surface area contributed by atoms with Crippen LogP contribution in [-0.2, 0) is 14.3 Å². The van der Waals surface area contributed by atoms with Gasteiger partial charge in [-0.2, -0.15) is 0 Å². The molecule has 0 aliphatic carbocycles. The van der Waals surface area contributed by atoms with E-state index in [-0.39, 0.29) is 18.5 Å². The van der Waals surface area contributed by atoms with Crippen LogP contribution >= 0.6 is 0 Å². The van der Waals surface area contributed by atoms with Crippen molar-refractivity contribution in [1.29, 1.82) is 0 Å². The van der Waals surface area contributed by atoms with Gasteiger partial charge in [0.05, 0.1) is 25.4 Å². The number of ether oxygens (including phenoxy) is 1. The van der Waals surface area contributed by atoms with Gasteiger partial charge in [0, 0.05) is 12.8 Å². The van der Waals surface area contributed by atoms with Crippen LogP contribution in [0, 0.1) is 0 Å². The zero-order valence-electron chi connectivity index (χ0n) is 45.6. The normalized spacial score (nSPS) is 12.8. The largest absolute Gasteiger partial charge is 0.466 e. The zero-order valence-corrected chi connectivity index (χ0v) is 45.6. The van der Waals surface area contributed by atoms with E-state index < -0.39 is 12.1 Å². The molecule has 0 radical (unpaired) electrons. The molecule has 0 aliphatic rings. The van der Waals surface area contributed by atoms with Gasteiger partial charge < -0.3 is 20.3 Å². The number of aliphatic hydroxyl groups is 2. The molecule has 2 atom stereocenters. The van der Waals surface area contributed by atoms with Crippen LogP contribution in [0.3, 0.4) is 0 Å². The minimum Gasteiger partial charge on any atom is -0.466 e. The zero-order chi connectivity index (χ0) is 49.3. The van der Waals surface area contributed by atoms with Crippen molar-refractivity contribution in [1.82, 2.24) is 5.32 Å². The summed E-state index contributed by atoms with van der Waals surface area (Å²) in [4.78, 5) is 24.5. The standard InChI is InChI=1S/C62H117NO5/c1-3-5-7-9-11-13-15-17-32-36-40-44-48-52-56-62(67)68-57-53-49-45-41-37-33-29-27-25-23-21-19-18-20-22-24-26-28-31-35-39-43-47-51-55-61(66)63-59(58-64)60(65)54-50-46-42-38-34-30-16-14-12-10-8-6-4-2/h15,17,20,22,50,54,59-60,64-65H,3-14,16,18-19,21,23-49,51-53,55-58H2,1-2H3,(H,63,66)/b17-15-,22-20-,54-50+. The molecule has 0 heterocycles.